The van der Waals surface area contributed by atoms with Crippen LogP contribution in [0.15, 0.2) is 12.4 Å². The topological polar surface area (TPSA) is 39.4 Å². The van der Waals surface area contributed by atoms with Gasteiger partial charge in [0.15, 0.2) is 11.4 Å². The van der Waals surface area contributed by atoms with Crippen LogP contribution in [-0.4, -0.2) is 21.7 Å². The van der Waals surface area contributed by atoms with Crippen molar-refractivity contribution in [3.05, 3.63) is 21.1 Å². The number of ether oxygens (including phenoxy) is 1. The number of methoxy groups -OCH3 is 1. The zero-order chi connectivity index (χ0) is 9.42. The molecule has 13 heavy (non-hydrogen) atoms. The van der Waals surface area contributed by atoms with Crippen molar-refractivity contribution in [3.63, 3.8) is 0 Å². The lowest BCUT2D eigenvalue weighted by Crippen LogP contribution is -1.96. The Morgan fingerprint density at radius 1 is 1.54 bits per heavy atom. The van der Waals surface area contributed by atoms with Gasteiger partial charge in [-0.25, -0.2) is 9.50 Å². The molecule has 0 atom stereocenters. The molecule has 2 heterocycles. The highest BCUT2D eigenvalue weighted by Crippen LogP contribution is 2.27. The van der Waals surface area contributed by atoms with E-state index in [1.807, 2.05) is 0 Å². The number of hydrogen-bond donors (Lipinski definition) is 0. The minimum absolute atomic E-state index is 0.469. The molecule has 0 fully saturated rings. The molecule has 0 unspecified atom stereocenters. The highest BCUT2D eigenvalue weighted by molar-refractivity contribution is 14.1. The molecule has 0 spiro atoms. The van der Waals surface area contributed by atoms with E-state index in [1.165, 1.54) is 6.20 Å². The lowest BCUT2D eigenvalue weighted by atomic mass is 10.5. The third kappa shape index (κ3) is 1.35. The van der Waals surface area contributed by atoms with Gasteiger partial charge in [0.05, 0.1) is 19.5 Å². The molecule has 2 aromatic heterocycles. The lowest BCUT2D eigenvalue weighted by Gasteiger charge is -2.03. The van der Waals surface area contributed by atoms with Gasteiger partial charge in [-0.05, 0) is 22.6 Å². The molecule has 0 saturated carbocycles. The summed E-state index contributed by atoms with van der Waals surface area (Å²) >= 11 is 8.01. The molecule has 0 aromatic carbocycles. The van der Waals surface area contributed by atoms with Crippen LogP contribution in [-0.2, 0) is 0 Å². The molecule has 0 aliphatic rings. The summed E-state index contributed by atoms with van der Waals surface area (Å²) in [7, 11) is 1.56. The molecule has 4 nitrogen and oxygen atoms in total. The first-order chi connectivity index (χ1) is 6.24. The third-order valence-corrected chi connectivity index (χ3v) is 2.61. The van der Waals surface area contributed by atoms with Gasteiger partial charge in [-0.2, -0.15) is 5.10 Å². The van der Waals surface area contributed by atoms with Gasteiger partial charge >= 0.3 is 0 Å². The number of aromatic nitrogens is 3. The molecule has 0 radical (unpaired) electrons. The van der Waals surface area contributed by atoms with Crippen LogP contribution in [0.4, 0.5) is 0 Å². The molecule has 2 aromatic rings. The SMILES string of the molecule is COc1c(Cl)cnn2c(I)cnc12. The minimum Gasteiger partial charge on any atom is -0.491 e. The Morgan fingerprint density at radius 2 is 2.31 bits per heavy atom. The van der Waals surface area contributed by atoms with Crippen LogP contribution in [0.25, 0.3) is 5.65 Å². The highest BCUT2D eigenvalue weighted by atomic mass is 127. The first-order valence-electron chi connectivity index (χ1n) is 3.45. The molecule has 68 valence electrons. The summed E-state index contributed by atoms with van der Waals surface area (Å²) in [6, 6.07) is 0. The van der Waals surface area contributed by atoms with Crippen LogP contribution in [0, 0.1) is 3.70 Å². The second-order valence-corrected chi connectivity index (χ2v) is 3.85. The summed E-state index contributed by atoms with van der Waals surface area (Å²) in [6.07, 6.45) is 3.25. The van der Waals surface area contributed by atoms with E-state index in [0.717, 1.165) is 3.70 Å². The van der Waals surface area contributed by atoms with Gasteiger partial charge in [0, 0.05) is 0 Å². The maximum absolute atomic E-state index is 5.87. The Labute approximate surface area is 93.0 Å². The Morgan fingerprint density at radius 3 is 3.00 bits per heavy atom. The van der Waals surface area contributed by atoms with Gasteiger partial charge < -0.3 is 4.74 Å². The summed E-state index contributed by atoms with van der Waals surface area (Å²) in [4.78, 5) is 4.13. The van der Waals surface area contributed by atoms with E-state index in [-0.39, 0.29) is 0 Å². The van der Waals surface area contributed by atoms with Crippen molar-refractivity contribution in [1.29, 1.82) is 0 Å². The summed E-state index contributed by atoms with van der Waals surface area (Å²) in [6.45, 7) is 0. The summed E-state index contributed by atoms with van der Waals surface area (Å²) in [5, 5.41) is 4.55. The smallest absolute Gasteiger partial charge is 0.198 e. The van der Waals surface area contributed by atoms with Gasteiger partial charge in [0.25, 0.3) is 0 Å². The molecule has 0 N–H and O–H groups in total. The molecule has 0 amide bonds. The Bertz CT molecular complexity index is 456. The predicted octanol–water partition coefficient (Wildman–Crippen LogP) is 2.00. The van der Waals surface area contributed by atoms with Crippen molar-refractivity contribution in [3.8, 4) is 5.75 Å². The zero-order valence-electron chi connectivity index (χ0n) is 6.66. The van der Waals surface area contributed by atoms with Crippen molar-refractivity contribution in [2.24, 2.45) is 0 Å². The minimum atomic E-state index is 0.469. The fourth-order valence-corrected chi connectivity index (χ4v) is 1.75. The second kappa shape index (κ2) is 3.30. The number of hydrogen-bond acceptors (Lipinski definition) is 3. The van der Waals surface area contributed by atoms with E-state index in [4.69, 9.17) is 16.3 Å². The average Bonchev–Trinajstić information content (AvgIpc) is 2.48. The van der Waals surface area contributed by atoms with E-state index in [9.17, 15) is 0 Å². The average molecular weight is 309 g/mol. The number of rotatable bonds is 1. The maximum Gasteiger partial charge on any atom is 0.198 e. The Hall–Kier alpha value is -0.560. The van der Waals surface area contributed by atoms with Crippen molar-refractivity contribution in [1.82, 2.24) is 14.6 Å². The molecular weight excluding hydrogens is 304 g/mol. The van der Waals surface area contributed by atoms with Gasteiger partial charge in [-0.3, -0.25) is 0 Å². The van der Waals surface area contributed by atoms with Gasteiger partial charge in [0.2, 0.25) is 0 Å². The standard InChI is InChI=1S/C7H5ClIN3O/c1-13-6-4(8)2-11-12-5(9)3-10-7(6)12/h2-3H,1H3. The van der Waals surface area contributed by atoms with Crippen LogP contribution in [0.1, 0.15) is 0 Å². The van der Waals surface area contributed by atoms with Crippen molar-refractivity contribution in [2.75, 3.05) is 7.11 Å². The van der Waals surface area contributed by atoms with Gasteiger partial charge in [0.1, 0.15) is 8.72 Å². The summed E-state index contributed by atoms with van der Waals surface area (Å²) in [5.41, 5.74) is 0.638. The third-order valence-electron chi connectivity index (χ3n) is 1.61. The first-order valence-corrected chi connectivity index (χ1v) is 4.91. The maximum atomic E-state index is 5.87. The van der Waals surface area contributed by atoms with E-state index in [2.05, 4.69) is 32.7 Å². The Balaban J connectivity index is 2.85. The molecule has 6 heteroatoms. The van der Waals surface area contributed by atoms with E-state index >= 15 is 0 Å². The molecule has 0 aliphatic carbocycles. The molecule has 0 bridgehead atoms. The van der Waals surface area contributed by atoms with Crippen molar-refractivity contribution >= 4 is 39.8 Å². The Kier molecular flexibility index (Phi) is 2.29. The predicted molar refractivity (Wildman–Crippen MR) is 57.3 cm³/mol. The molecule has 0 aliphatic heterocycles. The van der Waals surface area contributed by atoms with Gasteiger partial charge in [-0.15, -0.1) is 0 Å². The lowest BCUT2D eigenvalue weighted by molar-refractivity contribution is 0.415. The molecule has 0 saturated heterocycles. The second-order valence-electron chi connectivity index (χ2n) is 2.34. The number of halogens is 2. The summed E-state index contributed by atoms with van der Waals surface area (Å²) < 4.78 is 7.70. The normalized spacial score (nSPS) is 10.7. The first kappa shape index (κ1) is 9.01. The van der Waals surface area contributed by atoms with Crippen molar-refractivity contribution < 1.29 is 4.74 Å². The van der Waals surface area contributed by atoms with Crippen LogP contribution in [0.5, 0.6) is 5.75 Å². The summed E-state index contributed by atoms with van der Waals surface area (Å²) in [5.74, 6) is 0.555. The molecular formula is C7H5ClIN3O. The highest BCUT2D eigenvalue weighted by Gasteiger charge is 2.10. The van der Waals surface area contributed by atoms with Crippen LogP contribution < -0.4 is 4.74 Å². The fourth-order valence-electron chi connectivity index (χ4n) is 1.05. The van der Waals surface area contributed by atoms with Crippen LogP contribution >= 0.6 is 34.2 Å². The largest absolute Gasteiger partial charge is 0.491 e. The molecule has 2 rings (SSSR count). The van der Waals surface area contributed by atoms with Gasteiger partial charge in [-0.1, -0.05) is 11.6 Å². The zero-order valence-corrected chi connectivity index (χ0v) is 9.57. The van der Waals surface area contributed by atoms with Crippen molar-refractivity contribution in [2.45, 2.75) is 0 Å². The quantitative estimate of drug-likeness (QED) is 0.756. The van der Waals surface area contributed by atoms with E-state index < -0.39 is 0 Å². The van der Waals surface area contributed by atoms with E-state index in [1.54, 1.807) is 17.8 Å². The van der Waals surface area contributed by atoms with Crippen LogP contribution in [0.2, 0.25) is 5.02 Å². The van der Waals surface area contributed by atoms with E-state index in [0.29, 0.717) is 16.4 Å². The van der Waals surface area contributed by atoms with Crippen LogP contribution in [0.3, 0.4) is 0 Å². The number of fused-ring (bicyclic) bond motifs is 1. The number of imidazole rings is 1. The number of nitrogens with zero attached hydrogens (tertiary/aromatic N) is 3. The monoisotopic (exact) mass is 309 g/mol. The fraction of sp³-hybridized carbons (Fsp3) is 0.143.